The van der Waals surface area contributed by atoms with Gasteiger partial charge < -0.3 is 20.1 Å². The van der Waals surface area contributed by atoms with Crippen LogP contribution in [0.1, 0.15) is 18.5 Å². The van der Waals surface area contributed by atoms with Gasteiger partial charge in [-0.1, -0.05) is 0 Å². The first-order valence-electron chi connectivity index (χ1n) is 6.35. The van der Waals surface area contributed by atoms with Crippen molar-refractivity contribution in [3.63, 3.8) is 0 Å². The van der Waals surface area contributed by atoms with E-state index in [1.165, 1.54) is 5.56 Å². The maximum absolute atomic E-state index is 9.15. The molecule has 100 valence electrons. The zero-order valence-corrected chi connectivity index (χ0v) is 11.0. The second-order valence-corrected chi connectivity index (χ2v) is 4.58. The van der Waals surface area contributed by atoms with E-state index < -0.39 is 0 Å². The van der Waals surface area contributed by atoms with Crippen LogP contribution in [0, 0.1) is 0 Å². The first kappa shape index (κ1) is 13.3. The maximum Gasteiger partial charge on any atom is 0.128 e. The van der Waals surface area contributed by atoms with Gasteiger partial charge >= 0.3 is 0 Å². The van der Waals surface area contributed by atoms with E-state index in [0.717, 1.165) is 12.4 Å². The Labute approximate surface area is 108 Å². The number of hydrogen-bond donors (Lipinski definition) is 2. The average molecular weight is 251 g/mol. The number of morpholine rings is 1. The number of aliphatic hydroxyl groups is 1. The Kier molecular flexibility index (Phi) is 4.52. The van der Waals surface area contributed by atoms with Gasteiger partial charge in [0.25, 0.3) is 0 Å². The third-order valence-corrected chi connectivity index (χ3v) is 3.37. The molecule has 0 saturated carbocycles. The largest absolute Gasteiger partial charge is 0.394 e. The Morgan fingerprint density at radius 2 is 2.50 bits per heavy atom. The lowest BCUT2D eigenvalue weighted by Gasteiger charge is -2.33. The molecule has 1 saturated heterocycles. The molecule has 0 amide bonds. The molecule has 0 aromatic carbocycles. The highest BCUT2D eigenvalue weighted by atomic mass is 16.5. The van der Waals surface area contributed by atoms with Crippen molar-refractivity contribution in [3.8, 4) is 0 Å². The fraction of sp³-hybridized carbons (Fsp3) is 0.615. The van der Waals surface area contributed by atoms with Crippen LogP contribution in [0.4, 0.5) is 5.82 Å². The summed E-state index contributed by atoms with van der Waals surface area (Å²) < 4.78 is 5.45. The second kappa shape index (κ2) is 6.13. The Bertz CT molecular complexity index is 386. The van der Waals surface area contributed by atoms with Gasteiger partial charge in [-0.05, 0) is 31.7 Å². The fourth-order valence-corrected chi connectivity index (χ4v) is 2.08. The summed E-state index contributed by atoms with van der Waals surface area (Å²) in [5.74, 6) is 0.955. The first-order chi connectivity index (χ1) is 8.74. The molecule has 1 aromatic rings. The Morgan fingerprint density at radius 1 is 1.67 bits per heavy atom. The summed E-state index contributed by atoms with van der Waals surface area (Å²) in [6, 6.07) is 4.43. The summed E-state index contributed by atoms with van der Waals surface area (Å²) in [6.07, 6.45) is 1.73. The zero-order valence-electron chi connectivity index (χ0n) is 11.0. The molecule has 1 fully saturated rings. The van der Waals surface area contributed by atoms with Crippen LogP contribution in [0.25, 0.3) is 0 Å². The van der Waals surface area contributed by atoms with Gasteiger partial charge in [-0.15, -0.1) is 0 Å². The molecule has 0 radical (unpaired) electrons. The van der Waals surface area contributed by atoms with Crippen molar-refractivity contribution in [3.05, 3.63) is 23.9 Å². The lowest BCUT2D eigenvalue weighted by atomic mass is 10.1. The predicted octanol–water partition coefficient (Wildman–Crippen LogP) is 0.559. The minimum absolute atomic E-state index is 0.0586. The summed E-state index contributed by atoms with van der Waals surface area (Å²) in [5, 5.41) is 12.4. The Hall–Kier alpha value is -1.17. The van der Waals surface area contributed by atoms with Crippen LogP contribution in [-0.4, -0.2) is 49.5 Å². The molecule has 0 bridgehead atoms. The zero-order chi connectivity index (χ0) is 13.0. The monoisotopic (exact) mass is 251 g/mol. The van der Waals surface area contributed by atoms with Gasteiger partial charge in [0.2, 0.25) is 0 Å². The van der Waals surface area contributed by atoms with Crippen molar-refractivity contribution in [2.75, 3.05) is 38.3 Å². The van der Waals surface area contributed by atoms with Gasteiger partial charge in [-0.25, -0.2) is 4.98 Å². The molecule has 1 aliphatic rings. The van der Waals surface area contributed by atoms with Gasteiger partial charge in [-0.2, -0.15) is 0 Å². The van der Waals surface area contributed by atoms with E-state index >= 15 is 0 Å². The topological polar surface area (TPSA) is 57.6 Å². The molecule has 2 atom stereocenters. The number of rotatable bonds is 4. The van der Waals surface area contributed by atoms with Gasteiger partial charge in [-0.3, -0.25) is 0 Å². The van der Waals surface area contributed by atoms with E-state index in [2.05, 4.69) is 28.2 Å². The molecular weight excluding hydrogens is 230 g/mol. The van der Waals surface area contributed by atoms with E-state index in [1.54, 1.807) is 0 Å². The summed E-state index contributed by atoms with van der Waals surface area (Å²) in [7, 11) is 1.95. The van der Waals surface area contributed by atoms with Gasteiger partial charge in [0.05, 0.1) is 19.3 Å². The predicted molar refractivity (Wildman–Crippen MR) is 70.8 cm³/mol. The first-order valence-corrected chi connectivity index (χ1v) is 6.35. The van der Waals surface area contributed by atoms with Crippen LogP contribution in [0.5, 0.6) is 0 Å². The average Bonchev–Trinajstić information content (AvgIpc) is 2.46. The molecule has 2 rings (SSSR count). The molecule has 0 spiro atoms. The number of aromatic nitrogens is 1. The lowest BCUT2D eigenvalue weighted by Crippen LogP contribution is -2.44. The van der Waals surface area contributed by atoms with Gasteiger partial charge in [0.1, 0.15) is 5.82 Å². The summed E-state index contributed by atoms with van der Waals surface area (Å²) >= 11 is 0. The van der Waals surface area contributed by atoms with E-state index in [4.69, 9.17) is 9.84 Å². The van der Waals surface area contributed by atoms with Crippen LogP contribution in [-0.2, 0) is 4.74 Å². The molecule has 2 heterocycles. The smallest absolute Gasteiger partial charge is 0.128 e. The number of nitrogens with one attached hydrogen (secondary N) is 1. The molecule has 2 unspecified atom stereocenters. The molecule has 1 aliphatic heterocycles. The Balaban J connectivity index is 2.12. The number of ether oxygens (including phenoxy) is 1. The van der Waals surface area contributed by atoms with E-state index in [9.17, 15) is 0 Å². The van der Waals surface area contributed by atoms with E-state index in [0.29, 0.717) is 19.2 Å². The van der Waals surface area contributed by atoms with Crippen molar-refractivity contribution >= 4 is 5.82 Å². The lowest BCUT2D eigenvalue weighted by molar-refractivity contribution is 0.00336. The van der Waals surface area contributed by atoms with E-state index in [1.807, 2.05) is 19.3 Å². The number of aliphatic hydroxyl groups excluding tert-OH is 1. The molecule has 1 aromatic heterocycles. The summed E-state index contributed by atoms with van der Waals surface area (Å²) in [5.41, 5.74) is 1.22. The number of hydrogen-bond acceptors (Lipinski definition) is 5. The highest BCUT2D eigenvalue weighted by Gasteiger charge is 2.21. The highest BCUT2D eigenvalue weighted by molar-refractivity contribution is 5.42. The molecule has 5 nitrogen and oxygen atoms in total. The number of anilines is 1. The van der Waals surface area contributed by atoms with Gasteiger partial charge in [0.15, 0.2) is 0 Å². The molecule has 18 heavy (non-hydrogen) atoms. The number of nitrogens with zero attached hydrogens (tertiary/aromatic N) is 2. The molecule has 0 aliphatic carbocycles. The summed E-state index contributed by atoms with van der Waals surface area (Å²) in [6.45, 7) is 4.33. The molecular formula is C13H21N3O2. The van der Waals surface area contributed by atoms with Gasteiger partial charge in [0, 0.05) is 25.3 Å². The van der Waals surface area contributed by atoms with Crippen molar-refractivity contribution in [2.24, 2.45) is 0 Å². The highest BCUT2D eigenvalue weighted by Crippen LogP contribution is 2.19. The summed E-state index contributed by atoms with van der Waals surface area (Å²) in [4.78, 5) is 6.57. The van der Waals surface area contributed by atoms with Crippen LogP contribution in [0.3, 0.4) is 0 Å². The van der Waals surface area contributed by atoms with Crippen LogP contribution >= 0.6 is 0 Å². The third-order valence-electron chi connectivity index (χ3n) is 3.37. The van der Waals surface area contributed by atoms with Crippen molar-refractivity contribution < 1.29 is 9.84 Å². The standard InChI is InChI=1S/C13H21N3O2/c1-10(14-2)11-3-4-15-13(7-11)16-5-6-18-12(8-16)9-17/h3-4,7,10,12,14,17H,5-6,8-9H2,1-2H3. The van der Waals surface area contributed by atoms with E-state index in [-0.39, 0.29) is 12.7 Å². The SMILES string of the molecule is CNC(C)c1ccnc(N2CCOC(CO)C2)c1. The van der Waals surface area contributed by atoms with Crippen molar-refractivity contribution in [2.45, 2.75) is 19.1 Å². The van der Waals surface area contributed by atoms with Crippen LogP contribution < -0.4 is 10.2 Å². The minimum atomic E-state index is -0.106. The van der Waals surface area contributed by atoms with Crippen LogP contribution in [0.15, 0.2) is 18.3 Å². The molecule has 2 N–H and O–H groups in total. The van der Waals surface area contributed by atoms with Crippen molar-refractivity contribution in [1.82, 2.24) is 10.3 Å². The normalized spacial score (nSPS) is 21.9. The van der Waals surface area contributed by atoms with Crippen LogP contribution in [0.2, 0.25) is 0 Å². The van der Waals surface area contributed by atoms with Crippen molar-refractivity contribution in [1.29, 1.82) is 0 Å². The Morgan fingerprint density at radius 3 is 3.22 bits per heavy atom. The second-order valence-electron chi connectivity index (χ2n) is 4.58. The minimum Gasteiger partial charge on any atom is -0.394 e. The fourth-order valence-electron chi connectivity index (χ4n) is 2.08. The maximum atomic E-state index is 9.15. The third kappa shape index (κ3) is 2.98. The number of pyridine rings is 1. The molecule has 5 heteroatoms. The quantitative estimate of drug-likeness (QED) is 0.819.